The third-order valence-corrected chi connectivity index (χ3v) is 8.59. The highest BCUT2D eigenvalue weighted by Crippen LogP contribution is 2.33. The molecule has 4 aromatic rings. The fourth-order valence-corrected chi connectivity index (χ4v) is 5.57. The van der Waals surface area contributed by atoms with E-state index in [-0.39, 0.29) is 35.1 Å². The highest BCUT2D eigenvalue weighted by atomic mass is 35.5. The van der Waals surface area contributed by atoms with E-state index in [1.807, 2.05) is 29.2 Å². The minimum Gasteiger partial charge on any atom is -0.454 e. The summed E-state index contributed by atoms with van der Waals surface area (Å²) in [5, 5.41) is 3.37. The highest BCUT2D eigenvalue weighted by Gasteiger charge is 2.22. The number of nitrogens with one attached hydrogen (secondary N) is 1. The monoisotopic (exact) mass is 644 g/mol. The number of aryl methyl sites for hydroxylation is 1. The van der Waals surface area contributed by atoms with Crippen molar-refractivity contribution in [2.24, 2.45) is 0 Å². The predicted molar refractivity (Wildman–Crippen MR) is 171 cm³/mol. The van der Waals surface area contributed by atoms with E-state index in [9.17, 15) is 14.4 Å². The molecule has 0 spiro atoms. The van der Waals surface area contributed by atoms with Crippen LogP contribution in [0, 0.1) is 0 Å². The molecular formula is C34H30Cl2N4O5. The summed E-state index contributed by atoms with van der Waals surface area (Å²) in [7, 11) is 0. The fourth-order valence-electron chi connectivity index (χ4n) is 5.28. The number of piperazine rings is 1. The molecule has 45 heavy (non-hydrogen) atoms. The Morgan fingerprint density at radius 3 is 2.24 bits per heavy atom. The van der Waals surface area contributed by atoms with Crippen molar-refractivity contribution < 1.29 is 23.9 Å². The Kier molecular flexibility index (Phi) is 9.30. The lowest BCUT2D eigenvalue weighted by molar-refractivity contribution is -0.133. The zero-order valence-corrected chi connectivity index (χ0v) is 25.8. The maximum absolute atomic E-state index is 13.0. The second-order valence-electron chi connectivity index (χ2n) is 10.9. The number of benzene rings is 3. The van der Waals surface area contributed by atoms with Crippen molar-refractivity contribution in [3.63, 3.8) is 0 Å². The molecule has 0 radical (unpaired) electrons. The normalized spacial score (nSPS) is 14.3. The molecule has 0 unspecified atom stereocenters. The van der Waals surface area contributed by atoms with E-state index in [2.05, 4.69) is 21.3 Å². The van der Waals surface area contributed by atoms with Crippen LogP contribution in [0.4, 0.5) is 5.69 Å². The van der Waals surface area contributed by atoms with Gasteiger partial charge in [0.2, 0.25) is 18.5 Å². The van der Waals surface area contributed by atoms with Crippen LogP contribution in [0.3, 0.4) is 0 Å². The zero-order valence-electron chi connectivity index (χ0n) is 24.3. The van der Waals surface area contributed by atoms with Crippen LogP contribution < -0.4 is 14.8 Å². The maximum atomic E-state index is 13.0. The van der Waals surface area contributed by atoms with Gasteiger partial charge in [-0.25, -0.2) is 0 Å². The standard InChI is InChI=1S/C34H30Cl2N4O5/c35-27-9-7-25(18-28(27)36)34(43)38-26-8-10-29(37-19-26)33(42)24-5-1-22(2-6-24)4-12-32(41)40-15-13-39(14-16-40)20-23-3-11-30-31(17-23)45-21-44-30/h1-3,5-11,17-19H,4,12-16,20-21H2,(H,38,43). The van der Waals surface area contributed by atoms with Crippen LogP contribution in [0.15, 0.2) is 79.0 Å². The SMILES string of the molecule is O=C(Nc1ccc(C(=O)c2ccc(CCC(=O)N3CCN(Cc4ccc5c(c4)OCO5)CC3)cc2)nc1)c1ccc(Cl)c(Cl)c1. The summed E-state index contributed by atoms with van der Waals surface area (Å²) in [6, 6.07) is 21.0. The van der Waals surface area contributed by atoms with Crippen molar-refractivity contribution >= 4 is 46.5 Å². The number of anilines is 1. The van der Waals surface area contributed by atoms with Gasteiger partial charge in [-0.2, -0.15) is 0 Å². The number of fused-ring (bicyclic) bond motifs is 1. The van der Waals surface area contributed by atoms with E-state index in [4.69, 9.17) is 32.7 Å². The topological polar surface area (TPSA) is 101 Å². The number of aromatic nitrogens is 1. The van der Waals surface area contributed by atoms with Crippen molar-refractivity contribution in [1.29, 1.82) is 0 Å². The van der Waals surface area contributed by atoms with Crippen LogP contribution >= 0.6 is 23.2 Å². The lowest BCUT2D eigenvalue weighted by Crippen LogP contribution is -2.48. The summed E-state index contributed by atoms with van der Waals surface area (Å²) in [6.07, 6.45) is 2.43. The van der Waals surface area contributed by atoms with Gasteiger partial charge >= 0.3 is 0 Å². The van der Waals surface area contributed by atoms with Gasteiger partial charge in [0, 0.05) is 50.3 Å². The minimum absolute atomic E-state index is 0.133. The molecule has 0 saturated carbocycles. The third kappa shape index (κ3) is 7.45. The second kappa shape index (κ2) is 13.7. The average molecular weight is 646 g/mol. The van der Waals surface area contributed by atoms with E-state index in [0.29, 0.717) is 47.8 Å². The number of carbonyl (C=O) groups excluding carboxylic acids is 3. The summed E-state index contributed by atoms with van der Waals surface area (Å²) in [5.74, 6) is 1.09. The van der Waals surface area contributed by atoms with Gasteiger partial charge in [-0.05, 0) is 60.0 Å². The summed E-state index contributed by atoms with van der Waals surface area (Å²) in [4.78, 5) is 46.9. The van der Waals surface area contributed by atoms with Gasteiger partial charge in [0.1, 0.15) is 5.69 Å². The summed E-state index contributed by atoms with van der Waals surface area (Å²) >= 11 is 11.9. The van der Waals surface area contributed by atoms with Crippen LogP contribution in [0.25, 0.3) is 0 Å². The van der Waals surface area contributed by atoms with Gasteiger partial charge in [-0.1, -0.05) is 53.5 Å². The number of carbonyl (C=O) groups is 3. The number of rotatable bonds is 9. The minimum atomic E-state index is -0.372. The summed E-state index contributed by atoms with van der Waals surface area (Å²) in [5.41, 5.74) is 3.68. The van der Waals surface area contributed by atoms with E-state index in [0.717, 1.165) is 36.7 Å². The van der Waals surface area contributed by atoms with Crippen molar-refractivity contribution in [3.8, 4) is 11.5 Å². The maximum Gasteiger partial charge on any atom is 0.255 e. The van der Waals surface area contributed by atoms with Crippen LogP contribution in [0.1, 0.15) is 44.0 Å². The Hall–Kier alpha value is -4.44. The molecule has 0 bridgehead atoms. The van der Waals surface area contributed by atoms with Gasteiger partial charge < -0.3 is 19.7 Å². The first-order valence-electron chi connectivity index (χ1n) is 14.6. The Bertz CT molecular complexity index is 1720. The van der Waals surface area contributed by atoms with Gasteiger partial charge in [0.15, 0.2) is 11.5 Å². The second-order valence-corrected chi connectivity index (χ2v) is 11.7. The molecule has 0 atom stereocenters. The number of amides is 2. The van der Waals surface area contributed by atoms with E-state index in [1.54, 1.807) is 36.4 Å². The number of halogens is 2. The molecule has 9 nitrogen and oxygen atoms in total. The number of ether oxygens (including phenoxy) is 2. The molecule has 2 aliphatic rings. The Labute approximate surface area is 270 Å². The largest absolute Gasteiger partial charge is 0.454 e. The predicted octanol–water partition coefficient (Wildman–Crippen LogP) is 5.88. The molecule has 2 aliphatic heterocycles. The summed E-state index contributed by atoms with van der Waals surface area (Å²) < 4.78 is 10.9. The molecule has 1 N–H and O–H groups in total. The smallest absolute Gasteiger partial charge is 0.255 e. The average Bonchev–Trinajstić information content (AvgIpc) is 3.53. The van der Waals surface area contributed by atoms with Crippen LogP contribution in [0.5, 0.6) is 11.5 Å². The number of hydrogen-bond acceptors (Lipinski definition) is 7. The van der Waals surface area contributed by atoms with Gasteiger partial charge in [-0.3, -0.25) is 24.3 Å². The summed E-state index contributed by atoms with van der Waals surface area (Å²) in [6.45, 7) is 4.09. The molecule has 3 heterocycles. The van der Waals surface area contributed by atoms with E-state index < -0.39 is 0 Å². The molecule has 1 aromatic heterocycles. The molecule has 3 aromatic carbocycles. The molecule has 0 aliphatic carbocycles. The first-order valence-corrected chi connectivity index (χ1v) is 15.3. The Morgan fingerprint density at radius 1 is 0.778 bits per heavy atom. The van der Waals surface area contributed by atoms with Crippen LogP contribution in [-0.2, 0) is 17.8 Å². The molecular weight excluding hydrogens is 615 g/mol. The molecule has 230 valence electrons. The number of pyridine rings is 1. The van der Waals surface area contributed by atoms with Crippen molar-refractivity contribution in [3.05, 3.63) is 117 Å². The quantitative estimate of drug-likeness (QED) is 0.227. The molecule has 1 fully saturated rings. The first-order chi connectivity index (χ1) is 21.8. The third-order valence-electron chi connectivity index (χ3n) is 7.85. The molecule has 2 amide bonds. The number of hydrogen-bond donors (Lipinski definition) is 1. The highest BCUT2D eigenvalue weighted by molar-refractivity contribution is 6.42. The first kappa shape index (κ1) is 30.6. The van der Waals surface area contributed by atoms with Crippen molar-refractivity contribution in [2.75, 3.05) is 38.3 Å². The van der Waals surface area contributed by atoms with Gasteiger partial charge in [0.05, 0.1) is 21.9 Å². The lowest BCUT2D eigenvalue weighted by atomic mass is 10.0. The van der Waals surface area contributed by atoms with Crippen LogP contribution in [0.2, 0.25) is 10.0 Å². The lowest BCUT2D eigenvalue weighted by Gasteiger charge is -2.35. The zero-order chi connectivity index (χ0) is 31.3. The van der Waals surface area contributed by atoms with Crippen molar-refractivity contribution in [1.82, 2.24) is 14.8 Å². The van der Waals surface area contributed by atoms with Crippen molar-refractivity contribution in [2.45, 2.75) is 19.4 Å². The Balaban J connectivity index is 0.951. The molecule has 11 heteroatoms. The van der Waals surface area contributed by atoms with Gasteiger partial charge in [-0.15, -0.1) is 0 Å². The fraction of sp³-hybridized carbons (Fsp3) is 0.235. The number of ketones is 1. The van der Waals surface area contributed by atoms with E-state index >= 15 is 0 Å². The number of nitrogens with zero attached hydrogens (tertiary/aromatic N) is 3. The van der Waals surface area contributed by atoms with Gasteiger partial charge in [0.25, 0.3) is 5.91 Å². The molecule has 1 saturated heterocycles. The van der Waals surface area contributed by atoms with E-state index in [1.165, 1.54) is 17.8 Å². The van der Waals surface area contributed by atoms with Crippen LogP contribution in [-0.4, -0.2) is 65.4 Å². The molecule has 6 rings (SSSR count). The Morgan fingerprint density at radius 2 is 1.51 bits per heavy atom.